The molecule has 1 N–H and O–H groups in total. The normalized spacial score (nSPS) is 19.1. The smallest absolute Gasteiger partial charge is 0.475 e. The molecule has 2 aliphatic rings. The van der Waals surface area contributed by atoms with Crippen molar-refractivity contribution in [1.82, 2.24) is 19.7 Å². The maximum atomic E-state index is 10.6. The molecule has 11 heteroatoms. The van der Waals surface area contributed by atoms with E-state index in [2.05, 4.69) is 27.7 Å². The van der Waals surface area contributed by atoms with E-state index in [1.807, 2.05) is 11.6 Å². The fraction of sp³-hybridized carbons (Fsp3) is 0.632. The second kappa shape index (κ2) is 9.88. The summed E-state index contributed by atoms with van der Waals surface area (Å²) in [6, 6.07) is 0. The third kappa shape index (κ3) is 6.51. The number of carboxylic acids is 1. The molecule has 2 aromatic rings. The Kier molecular flexibility index (Phi) is 7.48. The maximum Gasteiger partial charge on any atom is 0.490 e. The molecule has 1 saturated carbocycles. The number of thiazole rings is 1. The van der Waals surface area contributed by atoms with E-state index >= 15 is 0 Å². The van der Waals surface area contributed by atoms with Crippen molar-refractivity contribution in [3.63, 3.8) is 0 Å². The van der Waals surface area contributed by atoms with E-state index in [9.17, 15) is 13.2 Å². The Bertz CT molecular complexity index is 822. The fourth-order valence-electron chi connectivity index (χ4n) is 3.33. The Labute approximate surface area is 176 Å². The summed E-state index contributed by atoms with van der Waals surface area (Å²) in [5.74, 6) is -1.48. The third-order valence-corrected chi connectivity index (χ3v) is 5.68. The molecule has 1 fully saturated rings. The largest absolute Gasteiger partial charge is 0.490 e. The molecular weight excluding hydrogens is 421 g/mol. The summed E-state index contributed by atoms with van der Waals surface area (Å²) in [6.45, 7) is 7.57. The van der Waals surface area contributed by atoms with E-state index in [0.717, 1.165) is 45.3 Å². The first-order valence-electron chi connectivity index (χ1n) is 9.81. The first-order valence-corrected chi connectivity index (χ1v) is 10.7. The van der Waals surface area contributed by atoms with E-state index < -0.39 is 12.1 Å². The van der Waals surface area contributed by atoms with Crippen molar-refractivity contribution in [2.75, 3.05) is 19.8 Å². The number of carboxylic acid groups (broad SMARTS) is 1. The predicted octanol–water partition coefficient (Wildman–Crippen LogP) is 3.52. The SMILES string of the molecule is CCOCC1CN(Cc2nccs2)Cc2nn(CC3CC3)cc21.O=C(O)C(F)(F)F. The summed E-state index contributed by atoms with van der Waals surface area (Å²) in [6.07, 6.45) is 1.81. The van der Waals surface area contributed by atoms with Crippen LogP contribution in [0.1, 0.15) is 41.9 Å². The molecule has 0 radical (unpaired) electrons. The van der Waals surface area contributed by atoms with E-state index in [1.165, 1.54) is 29.1 Å². The number of rotatable bonds is 7. The van der Waals surface area contributed by atoms with Crippen LogP contribution in [0.4, 0.5) is 13.2 Å². The van der Waals surface area contributed by atoms with Crippen LogP contribution in [0.3, 0.4) is 0 Å². The van der Waals surface area contributed by atoms with Crippen LogP contribution in [-0.2, 0) is 29.2 Å². The molecule has 0 bridgehead atoms. The Morgan fingerprint density at radius 1 is 1.40 bits per heavy atom. The first-order chi connectivity index (χ1) is 14.3. The zero-order valence-corrected chi connectivity index (χ0v) is 17.5. The van der Waals surface area contributed by atoms with Gasteiger partial charge in [0.05, 0.1) is 18.8 Å². The molecule has 1 aliphatic carbocycles. The maximum absolute atomic E-state index is 10.6. The van der Waals surface area contributed by atoms with Crippen molar-refractivity contribution < 1.29 is 27.8 Å². The molecule has 7 nitrogen and oxygen atoms in total. The number of alkyl halides is 3. The number of hydrogen-bond acceptors (Lipinski definition) is 6. The third-order valence-electron chi connectivity index (χ3n) is 4.91. The van der Waals surface area contributed by atoms with Crippen molar-refractivity contribution in [2.45, 2.75) is 51.5 Å². The number of carbonyl (C=O) groups is 1. The van der Waals surface area contributed by atoms with Gasteiger partial charge in [0.1, 0.15) is 5.01 Å². The Balaban J connectivity index is 0.000000318. The van der Waals surface area contributed by atoms with Gasteiger partial charge in [-0.25, -0.2) is 9.78 Å². The minimum atomic E-state index is -5.08. The van der Waals surface area contributed by atoms with Gasteiger partial charge in [0.2, 0.25) is 0 Å². The highest BCUT2D eigenvalue weighted by atomic mass is 32.1. The zero-order chi connectivity index (χ0) is 21.7. The number of aromatic nitrogens is 3. The average molecular weight is 446 g/mol. The van der Waals surface area contributed by atoms with Crippen molar-refractivity contribution in [3.8, 4) is 0 Å². The molecule has 3 heterocycles. The molecule has 1 unspecified atom stereocenters. The van der Waals surface area contributed by atoms with Crippen molar-refractivity contribution in [3.05, 3.63) is 34.0 Å². The fourth-order valence-corrected chi connectivity index (χ4v) is 3.99. The summed E-state index contributed by atoms with van der Waals surface area (Å²) >= 11 is 1.73. The zero-order valence-electron chi connectivity index (χ0n) is 16.6. The number of aliphatic carboxylic acids is 1. The summed E-state index contributed by atoms with van der Waals surface area (Å²) in [4.78, 5) is 15.8. The molecule has 0 spiro atoms. The molecule has 2 aromatic heterocycles. The molecule has 4 rings (SSSR count). The number of hydrogen-bond donors (Lipinski definition) is 1. The second-order valence-corrected chi connectivity index (χ2v) is 8.43. The molecule has 166 valence electrons. The average Bonchev–Trinajstić information content (AvgIpc) is 3.16. The van der Waals surface area contributed by atoms with Crippen LogP contribution in [0, 0.1) is 5.92 Å². The van der Waals surface area contributed by atoms with Gasteiger partial charge < -0.3 is 9.84 Å². The molecule has 0 saturated heterocycles. The molecular formula is C19H25F3N4O3S. The lowest BCUT2D eigenvalue weighted by molar-refractivity contribution is -0.192. The minimum Gasteiger partial charge on any atom is -0.475 e. The topological polar surface area (TPSA) is 80.5 Å². The highest BCUT2D eigenvalue weighted by Gasteiger charge is 2.38. The number of halogens is 3. The van der Waals surface area contributed by atoms with Gasteiger partial charge in [0, 0.05) is 55.5 Å². The molecule has 1 aliphatic heterocycles. The van der Waals surface area contributed by atoms with E-state index in [4.69, 9.17) is 19.7 Å². The van der Waals surface area contributed by atoms with Crippen molar-refractivity contribution in [1.29, 1.82) is 0 Å². The van der Waals surface area contributed by atoms with Gasteiger partial charge in [-0.15, -0.1) is 11.3 Å². The van der Waals surface area contributed by atoms with Crippen LogP contribution in [0.5, 0.6) is 0 Å². The van der Waals surface area contributed by atoms with Gasteiger partial charge in [0.15, 0.2) is 0 Å². The number of nitrogens with zero attached hydrogens (tertiary/aromatic N) is 4. The van der Waals surface area contributed by atoms with Gasteiger partial charge in [-0.05, 0) is 25.7 Å². The molecule has 30 heavy (non-hydrogen) atoms. The Hall–Kier alpha value is -1.98. The lowest BCUT2D eigenvalue weighted by atomic mass is 9.96. The lowest BCUT2D eigenvalue weighted by Crippen LogP contribution is -2.34. The van der Waals surface area contributed by atoms with E-state index in [0.29, 0.717) is 5.92 Å². The predicted molar refractivity (Wildman–Crippen MR) is 104 cm³/mol. The van der Waals surface area contributed by atoms with Crippen molar-refractivity contribution >= 4 is 17.3 Å². The van der Waals surface area contributed by atoms with Crippen LogP contribution >= 0.6 is 11.3 Å². The van der Waals surface area contributed by atoms with Gasteiger partial charge in [0.25, 0.3) is 0 Å². The highest BCUT2D eigenvalue weighted by Crippen LogP contribution is 2.33. The van der Waals surface area contributed by atoms with Crippen LogP contribution in [0.25, 0.3) is 0 Å². The number of fused-ring (bicyclic) bond motifs is 1. The Morgan fingerprint density at radius 3 is 2.70 bits per heavy atom. The second-order valence-electron chi connectivity index (χ2n) is 7.45. The summed E-state index contributed by atoms with van der Waals surface area (Å²) in [7, 11) is 0. The Morgan fingerprint density at radius 2 is 2.13 bits per heavy atom. The molecule has 0 amide bonds. The highest BCUT2D eigenvalue weighted by molar-refractivity contribution is 7.09. The van der Waals surface area contributed by atoms with Crippen LogP contribution in [0.15, 0.2) is 17.8 Å². The van der Waals surface area contributed by atoms with Gasteiger partial charge in [-0.3, -0.25) is 9.58 Å². The van der Waals surface area contributed by atoms with Gasteiger partial charge in [-0.1, -0.05) is 0 Å². The minimum absolute atomic E-state index is 0.423. The standard InChI is InChI=1S/C17H24N4OS.C2HF3O2/c1-2-22-12-14-8-20(11-17-18-5-6-23-17)10-16-15(14)9-21(19-16)7-13-3-4-13;3-2(4,5)1(6)7/h5-6,9,13-14H,2-4,7-8,10-12H2,1H3;(H,6,7). The summed E-state index contributed by atoms with van der Waals surface area (Å²) in [5, 5.41) is 15.2. The van der Waals surface area contributed by atoms with E-state index in [1.54, 1.807) is 11.3 Å². The van der Waals surface area contributed by atoms with Crippen LogP contribution in [-0.4, -0.2) is 56.7 Å². The summed E-state index contributed by atoms with van der Waals surface area (Å²) < 4.78 is 39.7. The first kappa shape index (κ1) is 22.7. The van der Waals surface area contributed by atoms with Crippen LogP contribution < -0.4 is 0 Å². The quantitative estimate of drug-likeness (QED) is 0.701. The lowest BCUT2D eigenvalue weighted by Gasteiger charge is -2.31. The van der Waals surface area contributed by atoms with Gasteiger partial charge in [-0.2, -0.15) is 18.3 Å². The van der Waals surface area contributed by atoms with Crippen LogP contribution in [0.2, 0.25) is 0 Å². The summed E-state index contributed by atoms with van der Waals surface area (Å²) in [5.41, 5.74) is 2.63. The van der Waals surface area contributed by atoms with Gasteiger partial charge >= 0.3 is 12.1 Å². The molecule has 1 atom stereocenters. The van der Waals surface area contributed by atoms with E-state index in [-0.39, 0.29) is 0 Å². The van der Waals surface area contributed by atoms with Crippen molar-refractivity contribution in [2.24, 2.45) is 5.92 Å². The monoisotopic (exact) mass is 446 g/mol. The number of ether oxygens (including phenoxy) is 1. The molecule has 0 aromatic carbocycles.